The maximum Gasteiger partial charge on any atom is 0.276 e. The summed E-state index contributed by atoms with van der Waals surface area (Å²) in [4.78, 5) is 21.6. The van der Waals surface area contributed by atoms with Gasteiger partial charge >= 0.3 is 0 Å². The van der Waals surface area contributed by atoms with E-state index < -0.39 is 0 Å². The maximum atomic E-state index is 12.7. The number of benzene rings is 1. The number of aromatic nitrogens is 4. The van der Waals surface area contributed by atoms with Gasteiger partial charge < -0.3 is 15.5 Å². The molecule has 136 valence electrons. The van der Waals surface area contributed by atoms with Crippen LogP contribution in [0.4, 0.5) is 5.13 Å². The van der Waals surface area contributed by atoms with Crippen LogP contribution in [0.5, 0.6) is 0 Å². The Balaban J connectivity index is 1.44. The van der Waals surface area contributed by atoms with Crippen LogP contribution in [0.3, 0.4) is 0 Å². The van der Waals surface area contributed by atoms with Crippen molar-refractivity contribution < 1.29 is 4.79 Å². The van der Waals surface area contributed by atoms with Gasteiger partial charge in [-0.3, -0.25) is 9.48 Å². The zero-order valence-electron chi connectivity index (χ0n) is 14.4. The molecule has 26 heavy (non-hydrogen) atoms. The van der Waals surface area contributed by atoms with Crippen LogP contribution in [-0.2, 0) is 6.54 Å². The van der Waals surface area contributed by atoms with Crippen molar-refractivity contribution in [3.63, 3.8) is 0 Å². The first-order valence-corrected chi connectivity index (χ1v) is 9.56. The van der Waals surface area contributed by atoms with Crippen molar-refractivity contribution in [3.05, 3.63) is 36.2 Å². The predicted octanol–water partition coefficient (Wildman–Crippen LogP) is 1.20. The van der Waals surface area contributed by atoms with E-state index >= 15 is 0 Å². The highest BCUT2D eigenvalue weighted by molar-refractivity contribution is 7.22. The number of hydrogen-bond acceptors (Lipinski definition) is 7. The average molecular weight is 371 g/mol. The molecule has 1 saturated heterocycles. The second-order valence-electron chi connectivity index (χ2n) is 6.25. The molecule has 0 saturated carbocycles. The summed E-state index contributed by atoms with van der Waals surface area (Å²) in [6.07, 6.45) is 2.57. The van der Waals surface area contributed by atoms with Crippen LogP contribution in [0.1, 0.15) is 16.9 Å². The molecule has 0 atom stereocenters. The van der Waals surface area contributed by atoms with E-state index in [-0.39, 0.29) is 5.91 Å². The highest BCUT2D eigenvalue weighted by Crippen LogP contribution is 2.29. The highest BCUT2D eigenvalue weighted by atomic mass is 32.1. The second-order valence-corrected chi connectivity index (χ2v) is 7.26. The largest absolute Gasteiger partial charge is 0.346 e. The van der Waals surface area contributed by atoms with Crippen LogP contribution in [0.2, 0.25) is 0 Å². The summed E-state index contributed by atoms with van der Waals surface area (Å²) in [6, 6.07) is 8.17. The molecular weight excluding hydrogens is 350 g/mol. The summed E-state index contributed by atoms with van der Waals surface area (Å²) in [5, 5.41) is 8.96. The molecule has 2 aromatic heterocycles. The lowest BCUT2D eigenvalue weighted by atomic mass is 10.3. The first-order chi connectivity index (χ1) is 12.7. The zero-order chi connectivity index (χ0) is 17.9. The monoisotopic (exact) mass is 371 g/mol. The van der Waals surface area contributed by atoms with E-state index in [0.29, 0.717) is 31.9 Å². The summed E-state index contributed by atoms with van der Waals surface area (Å²) < 4.78 is 2.80. The minimum atomic E-state index is -0.0700. The van der Waals surface area contributed by atoms with E-state index in [1.807, 2.05) is 23.1 Å². The zero-order valence-corrected chi connectivity index (χ0v) is 15.2. The first kappa shape index (κ1) is 16.9. The van der Waals surface area contributed by atoms with Crippen molar-refractivity contribution in [2.45, 2.75) is 13.0 Å². The Morgan fingerprint density at radius 1 is 1.19 bits per heavy atom. The van der Waals surface area contributed by atoms with Crippen LogP contribution < -0.4 is 10.6 Å². The van der Waals surface area contributed by atoms with E-state index in [0.717, 1.165) is 30.2 Å². The molecule has 0 radical (unpaired) electrons. The van der Waals surface area contributed by atoms with Gasteiger partial charge in [0.05, 0.1) is 23.0 Å². The second kappa shape index (κ2) is 7.38. The van der Waals surface area contributed by atoms with Crippen molar-refractivity contribution >= 4 is 32.6 Å². The van der Waals surface area contributed by atoms with Crippen molar-refractivity contribution in [2.75, 3.05) is 37.6 Å². The van der Waals surface area contributed by atoms with Crippen molar-refractivity contribution in [2.24, 2.45) is 5.73 Å². The summed E-state index contributed by atoms with van der Waals surface area (Å²) in [5.74, 6) is -0.0700. The Kier molecular flexibility index (Phi) is 4.81. The third kappa shape index (κ3) is 3.40. The molecule has 3 aromatic rings. The number of anilines is 1. The first-order valence-electron chi connectivity index (χ1n) is 8.74. The number of fused-ring (bicyclic) bond motifs is 1. The Labute approximate surface area is 155 Å². The molecule has 1 amide bonds. The lowest BCUT2D eigenvalue weighted by Crippen LogP contribution is -2.35. The number of nitrogens with zero attached hydrogens (tertiary/aromatic N) is 6. The van der Waals surface area contributed by atoms with Crippen LogP contribution in [0.25, 0.3) is 10.2 Å². The Hall–Kier alpha value is -2.52. The lowest BCUT2D eigenvalue weighted by molar-refractivity contribution is 0.0761. The maximum absolute atomic E-state index is 12.7. The van der Waals surface area contributed by atoms with Gasteiger partial charge in [0.1, 0.15) is 0 Å². The smallest absolute Gasteiger partial charge is 0.276 e. The molecule has 9 heteroatoms. The number of rotatable bonds is 4. The van der Waals surface area contributed by atoms with E-state index in [1.54, 1.807) is 22.2 Å². The van der Waals surface area contributed by atoms with Crippen molar-refractivity contribution in [3.8, 4) is 0 Å². The van der Waals surface area contributed by atoms with Gasteiger partial charge in [0.25, 0.3) is 5.91 Å². The van der Waals surface area contributed by atoms with Gasteiger partial charge in [-0.2, -0.15) is 0 Å². The third-order valence-electron chi connectivity index (χ3n) is 4.45. The van der Waals surface area contributed by atoms with Gasteiger partial charge in [-0.05, 0) is 18.6 Å². The van der Waals surface area contributed by atoms with Gasteiger partial charge in [0, 0.05) is 32.7 Å². The van der Waals surface area contributed by atoms with Gasteiger partial charge in [-0.1, -0.05) is 28.7 Å². The molecule has 0 unspecified atom stereocenters. The molecule has 0 aliphatic carbocycles. The molecule has 4 rings (SSSR count). The van der Waals surface area contributed by atoms with Gasteiger partial charge in [-0.25, -0.2) is 4.98 Å². The number of carbonyl (C=O) groups excluding carboxylic acids is 1. The summed E-state index contributed by atoms with van der Waals surface area (Å²) >= 11 is 1.70. The molecule has 3 heterocycles. The number of hydrogen-bond donors (Lipinski definition) is 1. The molecule has 1 aliphatic heterocycles. The minimum absolute atomic E-state index is 0.0700. The normalized spacial score (nSPS) is 15.4. The lowest BCUT2D eigenvalue weighted by Gasteiger charge is -2.20. The van der Waals surface area contributed by atoms with Gasteiger partial charge in [0.15, 0.2) is 10.8 Å². The molecular formula is C17H21N7OS. The summed E-state index contributed by atoms with van der Waals surface area (Å²) in [6.45, 7) is 4.05. The van der Waals surface area contributed by atoms with Crippen LogP contribution >= 0.6 is 11.3 Å². The Bertz CT molecular complexity index is 872. The highest BCUT2D eigenvalue weighted by Gasteiger charge is 2.23. The number of amides is 1. The molecule has 8 nitrogen and oxygen atoms in total. The molecule has 0 bridgehead atoms. The topological polar surface area (TPSA) is 93.2 Å². The van der Waals surface area contributed by atoms with E-state index in [2.05, 4.69) is 21.3 Å². The SMILES string of the molecule is NCCn1cc(C(=O)N2CCCN(c3nc4ccccc4s3)CC2)nn1. The Morgan fingerprint density at radius 3 is 2.92 bits per heavy atom. The van der Waals surface area contributed by atoms with Gasteiger partial charge in [0.2, 0.25) is 0 Å². The van der Waals surface area contributed by atoms with Crippen LogP contribution in [0, 0.1) is 0 Å². The molecule has 1 aliphatic rings. The third-order valence-corrected chi connectivity index (χ3v) is 5.55. The number of carbonyl (C=O) groups is 1. The number of nitrogens with two attached hydrogens (primary N) is 1. The van der Waals surface area contributed by atoms with Crippen LogP contribution in [-0.4, -0.2) is 63.5 Å². The van der Waals surface area contributed by atoms with E-state index in [4.69, 9.17) is 10.7 Å². The Morgan fingerprint density at radius 2 is 2.08 bits per heavy atom. The number of para-hydroxylation sites is 1. The fourth-order valence-corrected chi connectivity index (χ4v) is 4.12. The minimum Gasteiger partial charge on any atom is -0.346 e. The number of thiazole rings is 1. The fraction of sp³-hybridized carbons (Fsp3) is 0.412. The van der Waals surface area contributed by atoms with E-state index in [1.165, 1.54) is 4.70 Å². The quantitative estimate of drug-likeness (QED) is 0.741. The predicted molar refractivity (Wildman–Crippen MR) is 101 cm³/mol. The molecule has 1 aromatic carbocycles. The van der Waals surface area contributed by atoms with Gasteiger partial charge in [-0.15, -0.1) is 5.10 Å². The molecule has 0 spiro atoms. The van der Waals surface area contributed by atoms with Crippen LogP contribution in [0.15, 0.2) is 30.5 Å². The van der Waals surface area contributed by atoms with Crippen molar-refractivity contribution in [1.29, 1.82) is 0 Å². The van der Waals surface area contributed by atoms with Crippen molar-refractivity contribution in [1.82, 2.24) is 24.9 Å². The fourth-order valence-electron chi connectivity index (χ4n) is 3.11. The average Bonchev–Trinajstić information content (AvgIpc) is 3.22. The molecule has 1 fully saturated rings. The van der Waals surface area contributed by atoms with E-state index in [9.17, 15) is 4.79 Å². The summed E-state index contributed by atoms with van der Waals surface area (Å²) in [5.41, 5.74) is 6.92. The molecule has 2 N–H and O–H groups in total. The summed E-state index contributed by atoms with van der Waals surface area (Å²) in [7, 11) is 0. The standard InChI is InChI=1S/C17H21N7OS/c18-6-9-24-12-14(20-21-24)16(25)22-7-3-8-23(11-10-22)17-19-13-4-1-2-5-15(13)26-17/h1-2,4-5,12H,3,6-11,18H2.